The van der Waals surface area contributed by atoms with Crippen molar-refractivity contribution in [3.05, 3.63) is 125 Å². The van der Waals surface area contributed by atoms with Gasteiger partial charge in [-0.05, 0) is 98.2 Å². The molecular formula is C36H29F9O. The molecule has 0 atom stereocenters. The fraction of sp³-hybridized carbons (Fsp3) is 0.278. The molecule has 1 fully saturated rings. The lowest BCUT2D eigenvalue weighted by Crippen LogP contribution is -2.25. The van der Waals surface area contributed by atoms with Crippen molar-refractivity contribution < 1.29 is 44.3 Å². The number of hydrogen-bond acceptors (Lipinski definition) is 1. The Morgan fingerprint density at radius 1 is 0.674 bits per heavy atom. The van der Waals surface area contributed by atoms with E-state index in [0.717, 1.165) is 56.2 Å². The molecule has 0 unspecified atom stereocenters. The van der Waals surface area contributed by atoms with Gasteiger partial charge < -0.3 is 4.74 Å². The number of benzene rings is 4. The molecule has 4 aromatic carbocycles. The van der Waals surface area contributed by atoms with Crippen LogP contribution in [-0.2, 0) is 6.11 Å². The van der Waals surface area contributed by atoms with Crippen LogP contribution < -0.4 is 4.74 Å². The quantitative estimate of drug-likeness (QED) is 0.0997. The van der Waals surface area contributed by atoms with Crippen molar-refractivity contribution in [2.45, 2.75) is 57.5 Å². The van der Waals surface area contributed by atoms with Crippen molar-refractivity contribution in [1.82, 2.24) is 0 Å². The normalized spacial score (nSPS) is 17.1. The first-order valence-corrected chi connectivity index (χ1v) is 14.8. The largest absolute Gasteiger partial charge is 0.432 e. The summed E-state index contributed by atoms with van der Waals surface area (Å²) in [6, 6.07) is 9.32. The van der Waals surface area contributed by atoms with Crippen LogP contribution >= 0.6 is 0 Å². The summed E-state index contributed by atoms with van der Waals surface area (Å²) in [4.78, 5) is 0. The Kier molecular flexibility index (Phi) is 9.84. The Balaban J connectivity index is 1.33. The number of halogens is 9. The molecule has 0 N–H and O–H groups in total. The summed E-state index contributed by atoms with van der Waals surface area (Å²) in [7, 11) is 0. The zero-order valence-electron chi connectivity index (χ0n) is 24.6. The van der Waals surface area contributed by atoms with Gasteiger partial charge in [0.25, 0.3) is 0 Å². The SMILES string of the molecule is CC=CCCC1CCC(c2ccc(-c3ccc(-c4cc(F)c(C(F)(F)Oc5cc(F)c(F)c(F)c5)c(F)c4)c(F)c3)c(F)c2)CC1. The van der Waals surface area contributed by atoms with Crippen LogP contribution in [0.5, 0.6) is 5.75 Å². The maximum absolute atomic E-state index is 15.2. The second-order valence-corrected chi connectivity index (χ2v) is 11.4. The monoisotopic (exact) mass is 648 g/mol. The van der Waals surface area contributed by atoms with E-state index in [4.69, 9.17) is 0 Å². The maximum Gasteiger partial charge on any atom is 0.432 e. The van der Waals surface area contributed by atoms with Crippen LogP contribution in [0, 0.1) is 46.6 Å². The summed E-state index contributed by atoms with van der Waals surface area (Å²) in [5, 5.41) is 0. The van der Waals surface area contributed by atoms with Crippen molar-refractivity contribution in [1.29, 1.82) is 0 Å². The van der Waals surface area contributed by atoms with E-state index >= 15 is 8.78 Å². The van der Waals surface area contributed by atoms with Crippen molar-refractivity contribution in [2.75, 3.05) is 0 Å². The zero-order valence-corrected chi connectivity index (χ0v) is 24.6. The van der Waals surface area contributed by atoms with E-state index < -0.39 is 63.7 Å². The second-order valence-electron chi connectivity index (χ2n) is 11.4. The molecule has 1 nitrogen and oxygen atoms in total. The van der Waals surface area contributed by atoms with E-state index in [-0.39, 0.29) is 34.7 Å². The number of hydrogen-bond donors (Lipinski definition) is 0. The molecule has 1 saturated carbocycles. The third-order valence-electron chi connectivity index (χ3n) is 8.42. The van der Waals surface area contributed by atoms with Crippen LogP contribution in [0.2, 0.25) is 0 Å². The van der Waals surface area contributed by atoms with Gasteiger partial charge in [0.05, 0.1) is 0 Å². The Morgan fingerprint density at radius 2 is 1.24 bits per heavy atom. The summed E-state index contributed by atoms with van der Waals surface area (Å²) in [6.07, 6.45) is 5.65. The van der Waals surface area contributed by atoms with Gasteiger partial charge in [-0.2, -0.15) is 8.78 Å². The van der Waals surface area contributed by atoms with Crippen LogP contribution in [0.3, 0.4) is 0 Å². The molecule has 0 radical (unpaired) electrons. The molecule has 0 amide bonds. The first kappa shape index (κ1) is 33.2. The minimum absolute atomic E-state index is 0.0857. The lowest BCUT2D eigenvalue weighted by Gasteiger charge is -2.28. The van der Waals surface area contributed by atoms with Crippen molar-refractivity contribution in [2.24, 2.45) is 5.92 Å². The Labute approximate surface area is 260 Å². The molecule has 0 heterocycles. The van der Waals surface area contributed by atoms with Crippen LogP contribution in [0.1, 0.15) is 62.5 Å². The van der Waals surface area contributed by atoms with Crippen molar-refractivity contribution in [3.8, 4) is 28.0 Å². The number of alkyl halides is 2. The summed E-state index contributed by atoms with van der Waals surface area (Å²) >= 11 is 0. The standard InChI is InChI=1S/C36H29F9O/c1-2-3-4-5-20-6-8-21(9-7-20)22-10-12-26(28(37)14-22)23-11-13-27(29(38)15-23)24-16-30(39)34(31(40)17-24)36(44,45)46-25-18-32(41)35(43)33(42)19-25/h2-3,10-21H,4-9H2,1H3. The zero-order chi connectivity index (χ0) is 33.2. The molecule has 10 heteroatoms. The molecule has 242 valence electrons. The first-order chi connectivity index (χ1) is 21.9. The highest BCUT2D eigenvalue weighted by Crippen LogP contribution is 2.40. The van der Waals surface area contributed by atoms with Crippen molar-refractivity contribution >= 4 is 0 Å². The van der Waals surface area contributed by atoms with E-state index in [0.29, 0.717) is 18.1 Å². The van der Waals surface area contributed by atoms with E-state index in [2.05, 4.69) is 10.8 Å². The first-order valence-electron chi connectivity index (χ1n) is 14.8. The van der Waals surface area contributed by atoms with Gasteiger partial charge in [-0.1, -0.05) is 36.4 Å². The average molecular weight is 649 g/mol. The Hall–Kier alpha value is -4.21. The van der Waals surface area contributed by atoms with E-state index in [1.54, 1.807) is 6.07 Å². The van der Waals surface area contributed by atoms with Gasteiger partial charge in [0, 0.05) is 23.3 Å². The minimum atomic E-state index is -4.79. The molecule has 1 aliphatic carbocycles. The van der Waals surface area contributed by atoms with Crippen LogP contribution in [0.15, 0.2) is 72.8 Å². The van der Waals surface area contributed by atoms with Crippen LogP contribution in [-0.4, -0.2) is 0 Å². The molecule has 0 aromatic heterocycles. The molecule has 0 bridgehead atoms. The molecular weight excluding hydrogens is 619 g/mol. The summed E-state index contributed by atoms with van der Waals surface area (Å²) in [5.74, 6) is -11.3. The fourth-order valence-electron chi connectivity index (χ4n) is 6.02. The summed E-state index contributed by atoms with van der Waals surface area (Å²) in [5.41, 5.74) is -1.58. The highest BCUT2D eigenvalue weighted by atomic mass is 19.3. The molecule has 1 aliphatic rings. The van der Waals surface area contributed by atoms with Gasteiger partial charge in [0.1, 0.15) is 34.6 Å². The van der Waals surface area contributed by atoms with Crippen LogP contribution in [0.4, 0.5) is 39.5 Å². The van der Waals surface area contributed by atoms with Gasteiger partial charge in [-0.25, -0.2) is 30.7 Å². The van der Waals surface area contributed by atoms with Gasteiger partial charge >= 0.3 is 6.11 Å². The van der Waals surface area contributed by atoms with E-state index in [1.807, 2.05) is 19.1 Å². The summed E-state index contributed by atoms with van der Waals surface area (Å²) in [6.45, 7) is 2.00. The minimum Gasteiger partial charge on any atom is -0.429 e. The highest BCUT2D eigenvalue weighted by Gasteiger charge is 2.41. The maximum atomic E-state index is 15.2. The number of rotatable bonds is 9. The van der Waals surface area contributed by atoms with Gasteiger partial charge in [0.15, 0.2) is 17.5 Å². The summed E-state index contributed by atoms with van der Waals surface area (Å²) < 4.78 is 134. The van der Waals surface area contributed by atoms with Gasteiger partial charge in [0.2, 0.25) is 0 Å². The third kappa shape index (κ3) is 7.11. The molecule has 0 saturated heterocycles. The average Bonchev–Trinajstić information content (AvgIpc) is 2.99. The predicted octanol–water partition coefficient (Wildman–Crippen LogP) is 11.8. The fourth-order valence-corrected chi connectivity index (χ4v) is 6.02. The van der Waals surface area contributed by atoms with Gasteiger partial charge in [-0.3, -0.25) is 0 Å². The van der Waals surface area contributed by atoms with E-state index in [1.165, 1.54) is 12.1 Å². The molecule has 46 heavy (non-hydrogen) atoms. The topological polar surface area (TPSA) is 9.23 Å². The molecule has 0 aliphatic heterocycles. The third-order valence-corrected chi connectivity index (χ3v) is 8.42. The van der Waals surface area contributed by atoms with Gasteiger partial charge in [-0.15, -0.1) is 0 Å². The second kappa shape index (κ2) is 13.6. The highest BCUT2D eigenvalue weighted by molar-refractivity contribution is 5.72. The predicted molar refractivity (Wildman–Crippen MR) is 157 cm³/mol. The lowest BCUT2D eigenvalue weighted by molar-refractivity contribution is -0.189. The Bertz CT molecular complexity index is 1710. The lowest BCUT2D eigenvalue weighted by atomic mass is 9.77. The molecule has 0 spiro atoms. The van der Waals surface area contributed by atoms with E-state index in [9.17, 15) is 30.7 Å². The molecule has 4 aromatic rings. The number of ether oxygens (including phenoxy) is 1. The Morgan fingerprint density at radius 3 is 1.83 bits per heavy atom. The smallest absolute Gasteiger partial charge is 0.429 e. The van der Waals surface area contributed by atoms with Crippen molar-refractivity contribution in [3.63, 3.8) is 0 Å². The number of allylic oxidation sites excluding steroid dienone is 2. The van der Waals surface area contributed by atoms with Crippen LogP contribution in [0.25, 0.3) is 22.3 Å². The molecule has 5 rings (SSSR count).